The fraction of sp³-hybridized carbons (Fsp3) is 0.190. The molecule has 0 bridgehead atoms. The van der Waals surface area contributed by atoms with Crippen molar-refractivity contribution < 1.29 is 0 Å². The van der Waals surface area contributed by atoms with Crippen molar-refractivity contribution in [2.45, 2.75) is 73.3 Å². The zero-order valence-corrected chi connectivity index (χ0v) is 39.6. The van der Waals surface area contributed by atoms with Crippen molar-refractivity contribution in [3.8, 4) is 0 Å². The summed E-state index contributed by atoms with van der Waals surface area (Å²) in [7, 11) is 0. The molecule has 1 atom stereocenters. The van der Waals surface area contributed by atoms with Gasteiger partial charge in [0.05, 0.1) is 11.7 Å². The number of nitrogens with zero attached hydrogens (tertiary/aromatic N) is 3. The lowest BCUT2D eigenvalue weighted by molar-refractivity contribution is 0.435. The van der Waals surface area contributed by atoms with Gasteiger partial charge >= 0.3 is 0 Å². The summed E-state index contributed by atoms with van der Waals surface area (Å²) in [4.78, 5) is 9.54. The highest BCUT2D eigenvalue weighted by Crippen LogP contribution is 2.44. The highest BCUT2D eigenvalue weighted by atomic mass is 15.2. The number of allylic oxidation sites excluding steroid dienone is 18. The molecule has 330 valence electrons. The van der Waals surface area contributed by atoms with Gasteiger partial charge in [0, 0.05) is 35.2 Å². The van der Waals surface area contributed by atoms with Gasteiger partial charge in [0.1, 0.15) is 0 Å². The molecule has 0 saturated carbocycles. The summed E-state index contributed by atoms with van der Waals surface area (Å²) < 4.78 is 0. The van der Waals surface area contributed by atoms with Crippen LogP contribution in [0.2, 0.25) is 0 Å². The van der Waals surface area contributed by atoms with Crippen molar-refractivity contribution in [3.05, 3.63) is 269 Å². The molecule has 4 aromatic carbocycles. The van der Waals surface area contributed by atoms with Crippen LogP contribution in [0.4, 0.5) is 17.1 Å². The predicted octanol–water partition coefficient (Wildman–Crippen LogP) is 16.7. The van der Waals surface area contributed by atoms with Crippen LogP contribution in [0.1, 0.15) is 83.2 Å². The maximum absolute atomic E-state index is 4.65. The van der Waals surface area contributed by atoms with E-state index in [0.29, 0.717) is 0 Å². The standard InChI is InChI=1S/C63H63N3/c1-8-50(61-29-20-21-41-64-61)42-56-45-65(57-39-36-53(37-40-57)51-22-12-9-13-23-51)59(44-63(56,6)7)38-33-47(3)46(2)31-32-48(4)60-43-55(52-24-14-10-15-25-52)35-34-54-26-18-19-30-62(54)66(49(60)5)58-27-16-11-17-28-58/h8,10-12,14-33,35-43,45,49H,1,9,13,34,44H2,2-7H3/b46-31+,47-33+,48-32+,50-42+,55-35+,59-38+,60-43-. The van der Waals surface area contributed by atoms with Gasteiger partial charge in [-0.1, -0.05) is 154 Å². The molecular formula is C63H63N3. The van der Waals surface area contributed by atoms with Gasteiger partial charge in [0.15, 0.2) is 0 Å². The van der Waals surface area contributed by atoms with Crippen molar-refractivity contribution in [2.24, 2.45) is 5.41 Å². The van der Waals surface area contributed by atoms with Crippen LogP contribution in [0.15, 0.2) is 247 Å². The SMILES string of the molecule is C=C/C(=C\C1=CN(c2ccc(C3=CCCC=C3)cc2)/C(=C/C=C(C)/C(C)=C/C=C(C)/C2=C/C(c3ccccc3)=C\Cc3ccccc3N(c3ccccc3)C2C)CC1(C)C)c1ccccn1. The molecule has 3 aliphatic rings. The Balaban J connectivity index is 1.15. The molecule has 3 heterocycles. The van der Waals surface area contributed by atoms with Crippen molar-refractivity contribution in [2.75, 3.05) is 9.80 Å². The monoisotopic (exact) mass is 862 g/mol. The van der Waals surface area contributed by atoms with Gasteiger partial charge in [0.2, 0.25) is 0 Å². The summed E-state index contributed by atoms with van der Waals surface area (Å²) in [6.07, 6.45) is 33.1. The number of para-hydroxylation sites is 2. The molecule has 1 unspecified atom stereocenters. The lowest BCUT2D eigenvalue weighted by Crippen LogP contribution is -2.31. The Morgan fingerprint density at radius 2 is 1.41 bits per heavy atom. The molecule has 0 amide bonds. The Morgan fingerprint density at radius 3 is 2.12 bits per heavy atom. The molecule has 0 spiro atoms. The molecule has 3 nitrogen and oxygen atoms in total. The van der Waals surface area contributed by atoms with E-state index in [1.54, 1.807) is 0 Å². The van der Waals surface area contributed by atoms with Crippen molar-refractivity contribution >= 4 is 33.8 Å². The Hall–Kier alpha value is -7.23. The molecule has 66 heavy (non-hydrogen) atoms. The smallest absolute Gasteiger partial charge is 0.0701 e. The van der Waals surface area contributed by atoms with Crippen molar-refractivity contribution in [1.82, 2.24) is 4.98 Å². The van der Waals surface area contributed by atoms with E-state index < -0.39 is 0 Å². The van der Waals surface area contributed by atoms with Gasteiger partial charge in [-0.2, -0.15) is 0 Å². The van der Waals surface area contributed by atoms with Gasteiger partial charge < -0.3 is 9.80 Å². The number of benzene rings is 4. The van der Waals surface area contributed by atoms with E-state index in [4.69, 9.17) is 0 Å². The Kier molecular flexibility index (Phi) is 14.2. The molecule has 1 aliphatic carbocycles. The topological polar surface area (TPSA) is 19.4 Å². The summed E-state index contributed by atoms with van der Waals surface area (Å²) in [5.41, 5.74) is 19.1. The number of hydrogen-bond acceptors (Lipinski definition) is 3. The van der Waals surface area contributed by atoms with Gasteiger partial charge in [-0.25, -0.2) is 0 Å². The number of aromatic nitrogens is 1. The van der Waals surface area contributed by atoms with Crippen LogP contribution in [-0.2, 0) is 6.42 Å². The first-order valence-electron chi connectivity index (χ1n) is 23.5. The maximum Gasteiger partial charge on any atom is 0.0701 e. The van der Waals surface area contributed by atoms with Crippen LogP contribution < -0.4 is 9.80 Å². The molecule has 0 radical (unpaired) electrons. The van der Waals surface area contributed by atoms with E-state index in [0.717, 1.165) is 42.6 Å². The molecular weight excluding hydrogens is 799 g/mol. The van der Waals surface area contributed by atoms with Crippen LogP contribution in [0.5, 0.6) is 0 Å². The zero-order chi connectivity index (χ0) is 46.0. The minimum atomic E-state index is -0.141. The van der Waals surface area contributed by atoms with Gasteiger partial charge in [-0.15, -0.1) is 0 Å². The van der Waals surface area contributed by atoms with Crippen LogP contribution in [0.25, 0.3) is 16.7 Å². The second kappa shape index (κ2) is 20.7. The van der Waals surface area contributed by atoms with Crippen molar-refractivity contribution in [3.63, 3.8) is 0 Å². The summed E-state index contributed by atoms with van der Waals surface area (Å²) in [5, 5.41) is 0. The molecule has 2 aliphatic heterocycles. The quantitative estimate of drug-likeness (QED) is 0.123. The predicted molar refractivity (Wildman–Crippen MR) is 284 cm³/mol. The summed E-state index contributed by atoms with van der Waals surface area (Å²) in [5.74, 6) is 0. The van der Waals surface area contributed by atoms with Gasteiger partial charge in [-0.3, -0.25) is 4.98 Å². The molecule has 1 aromatic heterocycles. The zero-order valence-electron chi connectivity index (χ0n) is 39.6. The van der Waals surface area contributed by atoms with Crippen LogP contribution in [0.3, 0.4) is 0 Å². The third-order valence-corrected chi connectivity index (χ3v) is 13.2. The number of anilines is 3. The number of rotatable bonds is 11. The molecule has 3 heteroatoms. The summed E-state index contributed by atoms with van der Waals surface area (Å²) >= 11 is 0. The van der Waals surface area contributed by atoms with Gasteiger partial charge in [-0.05, 0) is 181 Å². The minimum Gasteiger partial charge on any atom is -0.334 e. The highest BCUT2D eigenvalue weighted by Gasteiger charge is 2.32. The molecule has 0 N–H and O–H groups in total. The number of pyridine rings is 1. The highest BCUT2D eigenvalue weighted by molar-refractivity contribution is 5.80. The Morgan fingerprint density at radius 1 is 0.712 bits per heavy atom. The lowest BCUT2D eigenvalue weighted by atomic mass is 9.76. The fourth-order valence-electron chi connectivity index (χ4n) is 9.12. The third-order valence-electron chi connectivity index (χ3n) is 13.2. The second-order valence-electron chi connectivity index (χ2n) is 18.3. The average Bonchev–Trinajstić information content (AvgIpc) is 3.41. The number of hydrogen-bond donors (Lipinski definition) is 0. The first-order valence-corrected chi connectivity index (χ1v) is 23.5. The van der Waals surface area contributed by atoms with Crippen molar-refractivity contribution in [1.29, 1.82) is 0 Å². The normalized spacial score (nSPS) is 20.5. The van der Waals surface area contributed by atoms with Crippen LogP contribution >= 0.6 is 0 Å². The maximum atomic E-state index is 4.65. The van der Waals surface area contributed by atoms with E-state index in [-0.39, 0.29) is 11.5 Å². The number of fused-ring (bicyclic) bond motifs is 1. The fourth-order valence-corrected chi connectivity index (χ4v) is 9.12. The molecule has 8 rings (SSSR count). The van der Waals surface area contributed by atoms with Crippen LogP contribution in [-0.4, -0.2) is 11.0 Å². The van der Waals surface area contributed by atoms with E-state index in [9.17, 15) is 0 Å². The van der Waals surface area contributed by atoms with Gasteiger partial charge in [0.25, 0.3) is 0 Å². The largest absolute Gasteiger partial charge is 0.334 e. The molecule has 5 aromatic rings. The first kappa shape index (κ1) is 45.3. The first-order chi connectivity index (χ1) is 32.1. The van der Waals surface area contributed by atoms with E-state index >= 15 is 0 Å². The van der Waals surface area contributed by atoms with E-state index in [1.807, 2.05) is 30.5 Å². The van der Waals surface area contributed by atoms with Crippen LogP contribution in [0, 0.1) is 5.41 Å². The third kappa shape index (κ3) is 10.5. The van der Waals surface area contributed by atoms with E-state index in [1.165, 1.54) is 72.8 Å². The molecule has 0 fully saturated rings. The summed E-state index contributed by atoms with van der Waals surface area (Å²) in [6.45, 7) is 17.9. The van der Waals surface area contributed by atoms with E-state index in [2.05, 4.69) is 239 Å². The average molecular weight is 862 g/mol. The second-order valence-corrected chi connectivity index (χ2v) is 18.3. The summed E-state index contributed by atoms with van der Waals surface area (Å²) in [6, 6.07) is 45.6. The minimum absolute atomic E-state index is 0.0509. The lowest BCUT2D eigenvalue weighted by Gasteiger charge is -2.39. The Bertz CT molecular complexity index is 2850. The Labute approximate surface area is 394 Å². The molecule has 0 saturated heterocycles.